The van der Waals surface area contributed by atoms with Crippen LogP contribution in [0.25, 0.3) is 0 Å². The Kier molecular flexibility index (Phi) is 3.71. The van der Waals surface area contributed by atoms with Gasteiger partial charge in [0.25, 0.3) is 0 Å². The van der Waals surface area contributed by atoms with Crippen molar-refractivity contribution in [3.63, 3.8) is 0 Å². The molecule has 0 aliphatic heterocycles. The van der Waals surface area contributed by atoms with E-state index in [-0.39, 0.29) is 12.1 Å². The third kappa shape index (κ3) is 2.50. The molecule has 0 amide bonds. The maximum absolute atomic E-state index is 9.77. The molecule has 3 nitrogen and oxygen atoms in total. The van der Waals surface area contributed by atoms with Gasteiger partial charge in [-0.3, -0.25) is 0 Å². The van der Waals surface area contributed by atoms with E-state index in [1.807, 2.05) is 18.2 Å². The first-order valence-corrected chi connectivity index (χ1v) is 6.28. The summed E-state index contributed by atoms with van der Waals surface area (Å²) in [7, 11) is 1.65. The van der Waals surface area contributed by atoms with Gasteiger partial charge in [0.15, 0.2) is 0 Å². The molecule has 2 rings (SSSR count). The molecule has 1 aromatic rings. The minimum Gasteiger partial charge on any atom is -0.495 e. The number of rotatable bonds is 3. The second-order valence-corrected chi connectivity index (χ2v) is 5.01. The van der Waals surface area contributed by atoms with Gasteiger partial charge >= 0.3 is 0 Å². The lowest BCUT2D eigenvalue weighted by atomic mass is 10.2. The third-order valence-electron chi connectivity index (χ3n) is 2.98. The SMILES string of the molecule is COc1ccc(Br)cc1N[C@H]1CCC[C@@H]1O. The number of ether oxygens (including phenoxy) is 1. The normalized spacial score (nSPS) is 24.4. The van der Waals surface area contributed by atoms with Crippen LogP contribution in [-0.4, -0.2) is 24.4 Å². The molecule has 1 fully saturated rings. The number of aliphatic hydroxyl groups is 1. The summed E-state index contributed by atoms with van der Waals surface area (Å²) < 4.78 is 6.28. The highest BCUT2D eigenvalue weighted by Gasteiger charge is 2.25. The Bertz CT molecular complexity index is 370. The second-order valence-electron chi connectivity index (χ2n) is 4.09. The van der Waals surface area contributed by atoms with E-state index in [4.69, 9.17) is 4.74 Å². The molecule has 0 bridgehead atoms. The van der Waals surface area contributed by atoms with Crippen molar-refractivity contribution in [1.29, 1.82) is 0 Å². The number of nitrogens with one attached hydrogen (secondary N) is 1. The predicted molar refractivity (Wildman–Crippen MR) is 68.0 cm³/mol. The fourth-order valence-corrected chi connectivity index (χ4v) is 2.46. The number of anilines is 1. The molecule has 0 radical (unpaired) electrons. The zero-order valence-electron chi connectivity index (χ0n) is 9.24. The van der Waals surface area contributed by atoms with Crippen LogP contribution in [0, 0.1) is 0 Å². The fraction of sp³-hybridized carbons (Fsp3) is 0.500. The molecule has 0 unspecified atom stereocenters. The molecule has 0 heterocycles. The van der Waals surface area contributed by atoms with E-state index in [9.17, 15) is 5.11 Å². The molecule has 88 valence electrons. The Morgan fingerprint density at radius 2 is 2.25 bits per heavy atom. The summed E-state index contributed by atoms with van der Waals surface area (Å²) in [6.45, 7) is 0. The molecule has 1 aliphatic carbocycles. The van der Waals surface area contributed by atoms with Gasteiger partial charge in [-0.2, -0.15) is 0 Å². The van der Waals surface area contributed by atoms with Gasteiger partial charge in [-0.25, -0.2) is 0 Å². The Labute approximate surface area is 104 Å². The quantitative estimate of drug-likeness (QED) is 0.897. The third-order valence-corrected chi connectivity index (χ3v) is 3.48. The Morgan fingerprint density at radius 1 is 1.44 bits per heavy atom. The van der Waals surface area contributed by atoms with Gasteiger partial charge in [0.1, 0.15) is 5.75 Å². The Balaban J connectivity index is 2.16. The van der Waals surface area contributed by atoms with Crippen molar-refractivity contribution in [2.75, 3.05) is 12.4 Å². The highest BCUT2D eigenvalue weighted by molar-refractivity contribution is 9.10. The molecule has 0 spiro atoms. The molecule has 2 atom stereocenters. The lowest BCUT2D eigenvalue weighted by molar-refractivity contribution is 0.171. The number of methoxy groups -OCH3 is 1. The average molecular weight is 286 g/mol. The first-order chi connectivity index (χ1) is 7.70. The number of hydrogen-bond donors (Lipinski definition) is 2. The van der Waals surface area contributed by atoms with Gasteiger partial charge < -0.3 is 15.2 Å². The van der Waals surface area contributed by atoms with Gasteiger partial charge in [-0.1, -0.05) is 15.9 Å². The van der Waals surface area contributed by atoms with Crippen molar-refractivity contribution in [3.05, 3.63) is 22.7 Å². The van der Waals surface area contributed by atoms with Crippen LogP contribution in [0.1, 0.15) is 19.3 Å². The van der Waals surface area contributed by atoms with Crippen molar-refractivity contribution in [2.24, 2.45) is 0 Å². The predicted octanol–water partition coefficient (Wildman–Crippen LogP) is 2.78. The average Bonchev–Trinajstić information content (AvgIpc) is 2.65. The van der Waals surface area contributed by atoms with E-state index in [0.29, 0.717) is 0 Å². The molecule has 1 aromatic carbocycles. The zero-order valence-corrected chi connectivity index (χ0v) is 10.8. The van der Waals surface area contributed by atoms with Crippen molar-refractivity contribution in [3.8, 4) is 5.75 Å². The maximum Gasteiger partial charge on any atom is 0.142 e. The molecule has 4 heteroatoms. The van der Waals surface area contributed by atoms with Crippen LogP contribution in [0.3, 0.4) is 0 Å². The highest BCUT2D eigenvalue weighted by atomic mass is 79.9. The van der Waals surface area contributed by atoms with E-state index in [0.717, 1.165) is 35.2 Å². The molecular formula is C12H16BrNO2. The largest absolute Gasteiger partial charge is 0.495 e. The van der Waals surface area contributed by atoms with Crippen LogP contribution >= 0.6 is 15.9 Å². The van der Waals surface area contributed by atoms with Gasteiger partial charge in [-0.05, 0) is 37.5 Å². The first kappa shape index (κ1) is 11.7. The lowest BCUT2D eigenvalue weighted by Gasteiger charge is -2.19. The van der Waals surface area contributed by atoms with E-state index >= 15 is 0 Å². The van der Waals surface area contributed by atoms with Crippen LogP contribution in [-0.2, 0) is 0 Å². The Morgan fingerprint density at radius 3 is 2.88 bits per heavy atom. The van der Waals surface area contributed by atoms with E-state index < -0.39 is 0 Å². The topological polar surface area (TPSA) is 41.5 Å². The fourth-order valence-electron chi connectivity index (χ4n) is 2.10. The van der Waals surface area contributed by atoms with Crippen LogP contribution < -0.4 is 10.1 Å². The summed E-state index contributed by atoms with van der Waals surface area (Å²) in [5.41, 5.74) is 0.933. The summed E-state index contributed by atoms with van der Waals surface area (Å²) in [6, 6.07) is 5.97. The molecular weight excluding hydrogens is 270 g/mol. The van der Waals surface area contributed by atoms with Crippen LogP contribution in [0.5, 0.6) is 5.75 Å². The van der Waals surface area contributed by atoms with Crippen molar-refractivity contribution in [2.45, 2.75) is 31.4 Å². The molecule has 0 saturated heterocycles. The van der Waals surface area contributed by atoms with Gasteiger partial charge in [0.2, 0.25) is 0 Å². The molecule has 1 aliphatic rings. The minimum absolute atomic E-state index is 0.142. The smallest absolute Gasteiger partial charge is 0.142 e. The van der Waals surface area contributed by atoms with Gasteiger partial charge in [0, 0.05) is 4.47 Å². The summed E-state index contributed by atoms with van der Waals surface area (Å²) in [5.74, 6) is 0.808. The summed E-state index contributed by atoms with van der Waals surface area (Å²) in [4.78, 5) is 0. The lowest BCUT2D eigenvalue weighted by Crippen LogP contribution is -2.28. The molecule has 1 saturated carbocycles. The molecule has 16 heavy (non-hydrogen) atoms. The minimum atomic E-state index is -0.247. The van der Waals surface area contributed by atoms with E-state index in [2.05, 4.69) is 21.2 Å². The van der Waals surface area contributed by atoms with Crippen LogP contribution in [0.2, 0.25) is 0 Å². The highest BCUT2D eigenvalue weighted by Crippen LogP contribution is 2.31. The van der Waals surface area contributed by atoms with Gasteiger partial charge in [-0.15, -0.1) is 0 Å². The number of hydrogen-bond acceptors (Lipinski definition) is 3. The molecule has 0 aromatic heterocycles. The van der Waals surface area contributed by atoms with Crippen LogP contribution in [0.4, 0.5) is 5.69 Å². The molecule has 2 N–H and O–H groups in total. The zero-order chi connectivity index (χ0) is 11.5. The van der Waals surface area contributed by atoms with Crippen molar-refractivity contribution in [1.82, 2.24) is 0 Å². The monoisotopic (exact) mass is 285 g/mol. The van der Waals surface area contributed by atoms with Crippen molar-refractivity contribution < 1.29 is 9.84 Å². The van der Waals surface area contributed by atoms with Crippen LogP contribution in [0.15, 0.2) is 22.7 Å². The first-order valence-electron chi connectivity index (χ1n) is 5.49. The summed E-state index contributed by atoms with van der Waals surface area (Å²) in [6.07, 6.45) is 2.73. The number of aliphatic hydroxyl groups excluding tert-OH is 1. The van der Waals surface area contributed by atoms with E-state index in [1.54, 1.807) is 7.11 Å². The number of benzene rings is 1. The van der Waals surface area contributed by atoms with Crippen molar-refractivity contribution >= 4 is 21.6 Å². The second kappa shape index (κ2) is 5.06. The maximum atomic E-state index is 9.77. The Hall–Kier alpha value is -0.740. The standard InChI is InChI=1S/C12H16BrNO2/c1-16-12-6-5-8(13)7-10(12)14-9-3-2-4-11(9)15/h5-7,9,11,14-15H,2-4H2,1H3/t9-,11-/m0/s1. The number of halogens is 1. The van der Waals surface area contributed by atoms with Gasteiger partial charge in [0.05, 0.1) is 24.9 Å². The van der Waals surface area contributed by atoms with E-state index in [1.165, 1.54) is 0 Å². The summed E-state index contributed by atoms with van der Waals surface area (Å²) in [5, 5.41) is 13.1. The summed E-state index contributed by atoms with van der Waals surface area (Å²) >= 11 is 3.43.